The van der Waals surface area contributed by atoms with Crippen molar-refractivity contribution >= 4 is 17.0 Å². The molecule has 1 aromatic carbocycles. The van der Waals surface area contributed by atoms with Crippen molar-refractivity contribution in [1.29, 1.82) is 0 Å². The average Bonchev–Trinajstić information content (AvgIpc) is 2.86. The van der Waals surface area contributed by atoms with Crippen molar-refractivity contribution in [2.45, 2.75) is 31.7 Å². The summed E-state index contributed by atoms with van der Waals surface area (Å²) in [5, 5.41) is 13.9. The lowest BCUT2D eigenvalue weighted by Gasteiger charge is -2.35. The van der Waals surface area contributed by atoms with Gasteiger partial charge in [0.1, 0.15) is 5.01 Å². The van der Waals surface area contributed by atoms with Crippen LogP contribution in [0.3, 0.4) is 0 Å². The molecule has 0 atom stereocenters. The quantitative estimate of drug-likeness (QED) is 0.693. The summed E-state index contributed by atoms with van der Waals surface area (Å²) in [5.41, 5.74) is 8.30. The molecule has 6 heteroatoms. The van der Waals surface area contributed by atoms with Crippen LogP contribution in [0.1, 0.15) is 29.8 Å². The SMILES string of the molecule is Cc1ccc(-c2csc(C3(N)CCC3)n2)cc1[N+](=O)[O-]. The van der Waals surface area contributed by atoms with E-state index in [-0.39, 0.29) is 16.1 Å². The highest BCUT2D eigenvalue weighted by Gasteiger charge is 2.37. The van der Waals surface area contributed by atoms with Gasteiger partial charge in [-0.1, -0.05) is 12.1 Å². The Bertz CT molecular complexity index is 677. The number of nitro groups is 1. The summed E-state index contributed by atoms with van der Waals surface area (Å²) in [6, 6.07) is 5.21. The van der Waals surface area contributed by atoms with Crippen LogP contribution in [0.2, 0.25) is 0 Å². The number of nitro benzene ring substituents is 1. The molecule has 1 heterocycles. The molecule has 2 aromatic rings. The van der Waals surface area contributed by atoms with Gasteiger partial charge < -0.3 is 5.73 Å². The molecule has 1 fully saturated rings. The van der Waals surface area contributed by atoms with Gasteiger partial charge in [-0.3, -0.25) is 10.1 Å². The summed E-state index contributed by atoms with van der Waals surface area (Å²) in [5.74, 6) is 0. The van der Waals surface area contributed by atoms with Crippen LogP contribution in [0.4, 0.5) is 5.69 Å². The third-order valence-corrected chi connectivity index (χ3v) is 4.94. The highest BCUT2D eigenvalue weighted by Crippen LogP contribution is 2.41. The number of hydrogen-bond donors (Lipinski definition) is 1. The Morgan fingerprint density at radius 2 is 2.20 bits per heavy atom. The van der Waals surface area contributed by atoms with Gasteiger partial charge in [0.25, 0.3) is 5.69 Å². The number of benzene rings is 1. The lowest BCUT2D eigenvalue weighted by Crippen LogP contribution is -2.43. The van der Waals surface area contributed by atoms with E-state index in [0.29, 0.717) is 5.56 Å². The molecule has 1 aliphatic rings. The van der Waals surface area contributed by atoms with E-state index in [0.717, 1.165) is 35.5 Å². The number of hydrogen-bond acceptors (Lipinski definition) is 5. The molecule has 0 spiro atoms. The van der Waals surface area contributed by atoms with Gasteiger partial charge in [0, 0.05) is 22.6 Å². The summed E-state index contributed by atoms with van der Waals surface area (Å²) in [4.78, 5) is 15.2. The molecule has 0 unspecified atom stereocenters. The lowest BCUT2D eigenvalue weighted by atomic mass is 9.78. The van der Waals surface area contributed by atoms with E-state index in [4.69, 9.17) is 5.73 Å². The fourth-order valence-corrected chi connectivity index (χ4v) is 3.37. The zero-order valence-electron chi connectivity index (χ0n) is 11.1. The molecule has 5 nitrogen and oxygen atoms in total. The number of nitrogens with zero attached hydrogens (tertiary/aromatic N) is 2. The first-order valence-corrected chi connectivity index (χ1v) is 7.38. The standard InChI is InChI=1S/C14H15N3O2S/c1-9-3-4-10(7-12(9)17(18)19)11-8-20-13(16-11)14(15)5-2-6-14/h3-4,7-8H,2,5-6,15H2,1H3. The van der Waals surface area contributed by atoms with E-state index in [1.165, 1.54) is 11.3 Å². The minimum Gasteiger partial charge on any atom is -0.319 e. The first-order valence-electron chi connectivity index (χ1n) is 6.50. The predicted octanol–water partition coefficient (Wildman–Crippen LogP) is 3.36. The zero-order valence-corrected chi connectivity index (χ0v) is 11.9. The van der Waals surface area contributed by atoms with E-state index >= 15 is 0 Å². The third-order valence-electron chi connectivity index (χ3n) is 3.88. The van der Waals surface area contributed by atoms with Gasteiger partial charge >= 0.3 is 0 Å². The Morgan fingerprint density at radius 1 is 1.45 bits per heavy atom. The summed E-state index contributed by atoms with van der Waals surface area (Å²) >= 11 is 1.54. The average molecular weight is 289 g/mol. The van der Waals surface area contributed by atoms with Crippen molar-refractivity contribution in [2.24, 2.45) is 5.73 Å². The third kappa shape index (κ3) is 2.10. The molecule has 1 saturated carbocycles. The molecule has 0 radical (unpaired) electrons. The lowest BCUT2D eigenvalue weighted by molar-refractivity contribution is -0.385. The molecular formula is C14H15N3O2S. The minimum atomic E-state index is -0.359. The normalized spacial score (nSPS) is 16.7. The molecule has 0 saturated heterocycles. The Kier molecular flexibility index (Phi) is 3.07. The van der Waals surface area contributed by atoms with Crippen LogP contribution in [-0.4, -0.2) is 9.91 Å². The van der Waals surface area contributed by atoms with Crippen molar-refractivity contribution in [2.75, 3.05) is 0 Å². The van der Waals surface area contributed by atoms with Crippen LogP contribution in [0.25, 0.3) is 11.3 Å². The molecule has 0 aliphatic heterocycles. The highest BCUT2D eigenvalue weighted by atomic mass is 32.1. The van der Waals surface area contributed by atoms with Gasteiger partial charge in [-0.05, 0) is 26.2 Å². The Morgan fingerprint density at radius 3 is 2.80 bits per heavy atom. The Labute approximate surface area is 120 Å². The summed E-state index contributed by atoms with van der Waals surface area (Å²) in [7, 11) is 0. The second-order valence-electron chi connectivity index (χ2n) is 5.31. The van der Waals surface area contributed by atoms with Crippen LogP contribution in [0, 0.1) is 17.0 Å². The molecule has 1 aliphatic carbocycles. The van der Waals surface area contributed by atoms with Gasteiger partial charge in [-0.2, -0.15) is 0 Å². The van der Waals surface area contributed by atoms with Crippen LogP contribution >= 0.6 is 11.3 Å². The summed E-state index contributed by atoms with van der Waals surface area (Å²) in [6.07, 6.45) is 3.07. The van der Waals surface area contributed by atoms with Crippen LogP contribution < -0.4 is 5.73 Å². The Hall–Kier alpha value is -1.79. The largest absolute Gasteiger partial charge is 0.319 e. The number of thiazole rings is 1. The zero-order chi connectivity index (χ0) is 14.3. The first-order chi connectivity index (χ1) is 9.49. The molecule has 3 rings (SSSR count). The van der Waals surface area contributed by atoms with Crippen LogP contribution in [-0.2, 0) is 5.54 Å². The van der Waals surface area contributed by atoms with Gasteiger partial charge in [-0.15, -0.1) is 11.3 Å². The van der Waals surface area contributed by atoms with Crippen molar-refractivity contribution in [1.82, 2.24) is 4.98 Å². The van der Waals surface area contributed by atoms with Crippen molar-refractivity contribution in [3.63, 3.8) is 0 Å². The molecule has 104 valence electrons. The van der Waals surface area contributed by atoms with Crippen molar-refractivity contribution < 1.29 is 4.92 Å². The van der Waals surface area contributed by atoms with E-state index in [2.05, 4.69) is 4.98 Å². The second kappa shape index (κ2) is 4.64. The fourth-order valence-electron chi connectivity index (χ4n) is 2.37. The summed E-state index contributed by atoms with van der Waals surface area (Å²) < 4.78 is 0. The van der Waals surface area contributed by atoms with Crippen LogP contribution in [0.15, 0.2) is 23.6 Å². The smallest absolute Gasteiger partial charge is 0.272 e. The number of aryl methyl sites for hydroxylation is 1. The molecule has 0 amide bonds. The molecule has 2 N–H and O–H groups in total. The molecular weight excluding hydrogens is 274 g/mol. The summed E-state index contributed by atoms with van der Waals surface area (Å²) in [6.45, 7) is 1.73. The Balaban J connectivity index is 1.97. The molecule has 1 aromatic heterocycles. The van der Waals surface area contributed by atoms with E-state index in [9.17, 15) is 10.1 Å². The number of rotatable bonds is 3. The topological polar surface area (TPSA) is 82.0 Å². The maximum Gasteiger partial charge on any atom is 0.272 e. The maximum absolute atomic E-state index is 11.0. The maximum atomic E-state index is 11.0. The van der Waals surface area contributed by atoms with Gasteiger partial charge in [0.05, 0.1) is 16.2 Å². The minimum absolute atomic E-state index is 0.128. The monoisotopic (exact) mass is 289 g/mol. The van der Waals surface area contributed by atoms with E-state index < -0.39 is 0 Å². The second-order valence-corrected chi connectivity index (χ2v) is 6.16. The number of nitrogens with two attached hydrogens (primary N) is 1. The number of aromatic nitrogens is 1. The van der Waals surface area contributed by atoms with E-state index in [1.807, 2.05) is 11.4 Å². The van der Waals surface area contributed by atoms with E-state index in [1.54, 1.807) is 19.1 Å². The molecule has 20 heavy (non-hydrogen) atoms. The molecule has 0 bridgehead atoms. The van der Waals surface area contributed by atoms with Gasteiger partial charge in [-0.25, -0.2) is 4.98 Å². The highest BCUT2D eigenvalue weighted by molar-refractivity contribution is 7.10. The predicted molar refractivity (Wildman–Crippen MR) is 78.7 cm³/mol. The first kappa shape index (κ1) is 13.2. The van der Waals surface area contributed by atoms with Gasteiger partial charge in [0.15, 0.2) is 0 Å². The fraction of sp³-hybridized carbons (Fsp3) is 0.357. The van der Waals surface area contributed by atoms with Crippen molar-refractivity contribution in [3.05, 3.63) is 44.3 Å². The van der Waals surface area contributed by atoms with Gasteiger partial charge in [0.2, 0.25) is 0 Å². The van der Waals surface area contributed by atoms with Crippen molar-refractivity contribution in [3.8, 4) is 11.3 Å². The van der Waals surface area contributed by atoms with Crippen LogP contribution in [0.5, 0.6) is 0 Å².